The van der Waals surface area contributed by atoms with Gasteiger partial charge in [0.1, 0.15) is 0 Å². The van der Waals surface area contributed by atoms with Crippen molar-refractivity contribution in [3.63, 3.8) is 0 Å². The molecule has 1 aromatic carbocycles. The molecule has 5 nitrogen and oxygen atoms in total. The fraction of sp³-hybridized carbons (Fsp3) is 0.556. The third-order valence-corrected chi connectivity index (χ3v) is 7.05. The van der Waals surface area contributed by atoms with Crippen molar-refractivity contribution in [2.75, 3.05) is 0 Å². The minimum atomic E-state index is -3.91. The molecule has 0 saturated heterocycles. The van der Waals surface area contributed by atoms with Crippen LogP contribution >= 0.6 is 0 Å². The molecular formula is C18H21NO4S. The van der Waals surface area contributed by atoms with Crippen LogP contribution in [0.4, 0.5) is 0 Å². The highest BCUT2D eigenvalue weighted by atomic mass is 32.2. The van der Waals surface area contributed by atoms with Gasteiger partial charge in [0.05, 0.1) is 4.90 Å². The average molecular weight is 347 g/mol. The normalized spacial score (nSPS) is 26.4. The van der Waals surface area contributed by atoms with Crippen LogP contribution in [-0.2, 0) is 21.2 Å². The van der Waals surface area contributed by atoms with Crippen LogP contribution in [0, 0.1) is 17.8 Å². The molecule has 0 aliphatic heterocycles. The monoisotopic (exact) mass is 347 g/mol. The highest BCUT2D eigenvalue weighted by Crippen LogP contribution is 2.51. The molecule has 1 N–H and O–H groups in total. The van der Waals surface area contributed by atoms with Gasteiger partial charge in [0, 0.05) is 17.9 Å². The zero-order valence-electron chi connectivity index (χ0n) is 13.5. The maximum atomic E-state index is 12.5. The first kappa shape index (κ1) is 15.8. The number of sulfonamides is 1. The number of rotatable bonds is 4. The lowest BCUT2D eigenvalue weighted by molar-refractivity contribution is -0.121. The van der Waals surface area contributed by atoms with Crippen LogP contribution in [0.15, 0.2) is 23.1 Å². The maximum Gasteiger partial charge on any atom is 0.264 e. The molecule has 0 radical (unpaired) electrons. The zero-order valence-corrected chi connectivity index (χ0v) is 14.3. The van der Waals surface area contributed by atoms with Crippen molar-refractivity contribution in [1.29, 1.82) is 0 Å². The van der Waals surface area contributed by atoms with E-state index in [1.807, 2.05) is 0 Å². The number of hydrogen-bond acceptors (Lipinski definition) is 4. The minimum Gasteiger partial charge on any atom is -0.294 e. The Labute approximate surface area is 141 Å². The number of carbonyl (C=O) groups excluding carboxylic acids is 2. The molecule has 2 fully saturated rings. The van der Waals surface area contributed by atoms with Gasteiger partial charge in [-0.25, -0.2) is 13.1 Å². The molecular weight excluding hydrogens is 326 g/mol. The second-order valence-corrected chi connectivity index (χ2v) is 8.94. The Morgan fingerprint density at radius 3 is 2.62 bits per heavy atom. The standard InChI is InChI=1S/C18H21NO4S/c20-17-6-2-5-12-7-8-13(9-15(12)17)24(22,23)19-18(21)16-10-14(16)11-3-1-4-11/h7-9,11,14,16H,1-6,10H2,(H,19,21)/t14-,16+/m0/s1. The lowest BCUT2D eigenvalue weighted by Crippen LogP contribution is -2.33. The van der Waals surface area contributed by atoms with Crippen LogP contribution in [0.2, 0.25) is 0 Å². The van der Waals surface area contributed by atoms with Crippen molar-refractivity contribution in [1.82, 2.24) is 4.72 Å². The van der Waals surface area contributed by atoms with Gasteiger partial charge in [-0.05, 0) is 48.8 Å². The molecule has 0 bridgehead atoms. The molecule has 6 heteroatoms. The number of fused-ring (bicyclic) bond motifs is 1. The van der Waals surface area contributed by atoms with Gasteiger partial charge in [0.25, 0.3) is 10.0 Å². The number of amides is 1. The number of ketones is 1. The molecule has 0 unspecified atom stereocenters. The second kappa shape index (κ2) is 5.69. The van der Waals surface area contributed by atoms with Crippen molar-refractivity contribution in [2.45, 2.75) is 49.8 Å². The summed E-state index contributed by atoms with van der Waals surface area (Å²) in [5.41, 5.74) is 1.37. The van der Waals surface area contributed by atoms with Gasteiger partial charge in [-0.15, -0.1) is 0 Å². The highest BCUT2D eigenvalue weighted by molar-refractivity contribution is 7.90. The van der Waals surface area contributed by atoms with E-state index in [0.717, 1.165) is 37.7 Å². The largest absolute Gasteiger partial charge is 0.294 e. The first-order chi connectivity index (χ1) is 11.5. The summed E-state index contributed by atoms with van der Waals surface area (Å²) in [4.78, 5) is 24.2. The Balaban J connectivity index is 1.50. The Bertz CT molecular complexity index is 810. The molecule has 128 valence electrons. The molecule has 4 rings (SSSR count). The van der Waals surface area contributed by atoms with Crippen LogP contribution in [0.3, 0.4) is 0 Å². The van der Waals surface area contributed by atoms with Crippen molar-refractivity contribution in [2.24, 2.45) is 17.8 Å². The van der Waals surface area contributed by atoms with E-state index < -0.39 is 15.9 Å². The van der Waals surface area contributed by atoms with Crippen LogP contribution in [0.25, 0.3) is 0 Å². The molecule has 24 heavy (non-hydrogen) atoms. The first-order valence-corrected chi connectivity index (χ1v) is 10.2. The molecule has 0 heterocycles. The third kappa shape index (κ3) is 2.77. The van der Waals surface area contributed by atoms with E-state index in [1.165, 1.54) is 18.6 Å². The van der Waals surface area contributed by atoms with Gasteiger partial charge in [0.15, 0.2) is 5.78 Å². The van der Waals surface area contributed by atoms with Gasteiger partial charge in [-0.2, -0.15) is 0 Å². The number of hydrogen-bond donors (Lipinski definition) is 1. The Morgan fingerprint density at radius 1 is 1.12 bits per heavy atom. The number of benzene rings is 1. The van der Waals surface area contributed by atoms with Crippen molar-refractivity contribution < 1.29 is 18.0 Å². The summed E-state index contributed by atoms with van der Waals surface area (Å²) in [7, 11) is -3.91. The lowest BCUT2D eigenvalue weighted by Gasteiger charge is -2.25. The van der Waals surface area contributed by atoms with Crippen molar-refractivity contribution in [3.05, 3.63) is 29.3 Å². The number of carbonyl (C=O) groups is 2. The molecule has 2 atom stereocenters. The van der Waals surface area contributed by atoms with Crippen LogP contribution < -0.4 is 4.72 Å². The minimum absolute atomic E-state index is 0.00527. The summed E-state index contributed by atoms with van der Waals surface area (Å²) in [6.07, 6.45) is 6.39. The molecule has 2 saturated carbocycles. The number of nitrogens with one attached hydrogen (secondary N) is 1. The molecule has 0 spiro atoms. The molecule has 3 aliphatic carbocycles. The van der Waals surface area contributed by atoms with Crippen molar-refractivity contribution in [3.8, 4) is 0 Å². The van der Waals surface area contributed by atoms with Gasteiger partial charge in [0.2, 0.25) is 5.91 Å². The number of aryl methyl sites for hydroxylation is 1. The molecule has 1 amide bonds. The van der Waals surface area contributed by atoms with E-state index in [1.54, 1.807) is 6.07 Å². The summed E-state index contributed by atoms with van der Waals surface area (Å²) in [6.45, 7) is 0. The van der Waals surface area contributed by atoms with E-state index >= 15 is 0 Å². The first-order valence-electron chi connectivity index (χ1n) is 8.68. The Hall–Kier alpha value is -1.69. The van der Waals surface area contributed by atoms with Crippen LogP contribution in [-0.4, -0.2) is 20.1 Å². The van der Waals surface area contributed by atoms with Gasteiger partial charge in [-0.1, -0.05) is 25.3 Å². The predicted molar refractivity (Wildman–Crippen MR) is 88.0 cm³/mol. The topological polar surface area (TPSA) is 80.3 Å². The van der Waals surface area contributed by atoms with E-state index in [9.17, 15) is 18.0 Å². The lowest BCUT2D eigenvalue weighted by atomic mass is 9.81. The third-order valence-electron chi connectivity index (χ3n) is 5.71. The van der Waals surface area contributed by atoms with E-state index in [0.29, 0.717) is 23.8 Å². The fourth-order valence-corrected chi connectivity index (χ4v) is 5.00. The molecule has 0 aromatic heterocycles. The fourth-order valence-electron chi connectivity index (χ4n) is 3.95. The summed E-state index contributed by atoms with van der Waals surface area (Å²) >= 11 is 0. The van der Waals surface area contributed by atoms with E-state index in [2.05, 4.69) is 4.72 Å². The van der Waals surface area contributed by atoms with Crippen LogP contribution in [0.5, 0.6) is 0 Å². The molecule has 3 aliphatic rings. The maximum absolute atomic E-state index is 12.5. The number of Topliss-reactive ketones (excluding diaryl/α,β-unsaturated/α-hetero) is 1. The molecule has 1 aromatic rings. The van der Waals surface area contributed by atoms with Crippen LogP contribution in [0.1, 0.15) is 54.4 Å². The van der Waals surface area contributed by atoms with Gasteiger partial charge >= 0.3 is 0 Å². The SMILES string of the molecule is O=C1CCCc2ccc(S(=O)(=O)NC(=O)[C@@H]3C[C@H]3C3CCC3)cc21. The Kier molecular flexibility index (Phi) is 3.75. The van der Waals surface area contributed by atoms with Crippen molar-refractivity contribution >= 4 is 21.7 Å². The average Bonchev–Trinajstić information content (AvgIpc) is 3.25. The van der Waals surface area contributed by atoms with E-state index in [-0.39, 0.29) is 16.6 Å². The second-order valence-electron chi connectivity index (χ2n) is 7.26. The smallest absolute Gasteiger partial charge is 0.264 e. The summed E-state index contributed by atoms with van der Waals surface area (Å²) in [6, 6.07) is 4.60. The quantitative estimate of drug-likeness (QED) is 0.907. The summed E-state index contributed by atoms with van der Waals surface area (Å²) in [5.74, 6) is 0.385. The van der Waals surface area contributed by atoms with E-state index in [4.69, 9.17) is 0 Å². The summed E-state index contributed by atoms with van der Waals surface area (Å²) < 4.78 is 27.2. The predicted octanol–water partition coefficient (Wildman–Crippen LogP) is 2.45. The highest BCUT2D eigenvalue weighted by Gasteiger charge is 2.49. The Morgan fingerprint density at radius 2 is 1.92 bits per heavy atom. The zero-order chi connectivity index (χ0) is 16.9. The van der Waals surface area contributed by atoms with Gasteiger partial charge in [-0.3, -0.25) is 9.59 Å². The summed E-state index contributed by atoms with van der Waals surface area (Å²) in [5, 5.41) is 0. The van der Waals surface area contributed by atoms with Gasteiger partial charge < -0.3 is 0 Å².